The van der Waals surface area contributed by atoms with Crippen LogP contribution in [0.1, 0.15) is 20.8 Å². The summed E-state index contributed by atoms with van der Waals surface area (Å²) >= 11 is 3.87. The summed E-state index contributed by atoms with van der Waals surface area (Å²) in [4.78, 5) is 21.6. The number of hydrogen-bond donors (Lipinski definition) is 3. The molecule has 1 unspecified atom stereocenters. The number of aliphatic carboxylic acids is 1. The molecule has 12 heavy (non-hydrogen) atoms. The van der Waals surface area contributed by atoms with Gasteiger partial charge in [0.05, 0.1) is 5.25 Å². The molecular formula is C7H13NO3S. The molecule has 2 N–H and O–H groups in total. The number of carbonyl (C=O) groups is 2. The summed E-state index contributed by atoms with van der Waals surface area (Å²) in [6, 6.07) is 0. The van der Waals surface area contributed by atoms with Crippen LogP contribution < -0.4 is 5.32 Å². The summed E-state index contributed by atoms with van der Waals surface area (Å²) < 4.78 is 0. The number of carboxylic acid groups (broad SMARTS) is 1. The average molecular weight is 191 g/mol. The average Bonchev–Trinajstić information content (AvgIpc) is 1.85. The van der Waals surface area contributed by atoms with Crippen LogP contribution in [0.15, 0.2) is 0 Å². The number of carbonyl (C=O) groups excluding carboxylic acids is 1. The van der Waals surface area contributed by atoms with Crippen molar-refractivity contribution in [2.24, 2.45) is 0 Å². The lowest BCUT2D eigenvalue weighted by atomic mass is 10.1. The van der Waals surface area contributed by atoms with Crippen LogP contribution in [-0.2, 0) is 9.59 Å². The van der Waals surface area contributed by atoms with Gasteiger partial charge in [0.1, 0.15) is 5.54 Å². The van der Waals surface area contributed by atoms with Gasteiger partial charge in [0, 0.05) is 0 Å². The van der Waals surface area contributed by atoms with Crippen molar-refractivity contribution in [2.75, 3.05) is 0 Å². The molecule has 0 aliphatic heterocycles. The third-order valence-corrected chi connectivity index (χ3v) is 1.58. The first-order chi connectivity index (χ1) is 5.27. The van der Waals surface area contributed by atoms with Crippen LogP contribution in [0.3, 0.4) is 0 Å². The Morgan fingerprint density at radius 1 is 1.50 bits per heavy atom. The smallest absolute Gasteiger partial charge is 0.328 e. The maximum Gasteiger partial charge on any atom is 0.328 e. The van der Waals surface area contributed by atoms with Gasteiger partial charge in [-0.1, -0.05) is 0 Å². The molecule has 0 aliphatic rings. The van der Waals surface area contributed by atoms with E-state index in [1.54, 1.807) is 6.92 Å². The van der Waals surface area contributed by atoms with Crippen LogP contribution in [0.2, 0.25) is 0 Å². The van der Waals surface area contributed by atoms with Crippen LogP contribution in [0.4, 0.5) is 0 Å². The second kappa shape index (κ2) is 3.80. The van der Waals surface area contributed by atoms with E-state index in [1.165, 1.54) is 13.8 Å². The molecule has 0 heterocycles. The lowest BCUT2D eigenvalue weighted by molar-refractivity contribution is -0.145. The highest BCUT2D eigenvalue weighted by atomic mass is 32.1. The van der Waals surface area contributed by atoms with E-state index in [9.17, 15) is 9.59 Å². The highest BCUT2D eigenvalue weighted by Gasteiger charge is 2.29. The second-order valence-corrected chi connectivity index (χ2v) is 3.87. The van der Waals surface area contributed by atoms with E-state index in [4.69, 9.17) is 5.11 Å². The first kappa shape index (κ1) is 11.3. The van der Waals surface area contributed by atoms with Gasteiger partial charge < -0.3 is 10.4 Å². The zero-order valence-electron chi connectivity index (χ0n) is 7.29. The second-order valence-electron chi connectivity index (χ2n) is 3.10. The SMILES string of the molecule is CC(S)C(=O)NC(C)(C)C(=O)O. The van der Waals surface area contributed by atoms with E-state index in [1.807, 2.05) is 0 Å². The maximum absolute atomic E-state index is 11.0. The Labute approximate surface area is 76.8 Å². The van der Waals surface area contributed by atoms with Gasteiger partial charge in [0.2, 0.25) is 5.91 Å². The third-order valence-electron chi connectivity index (χ3n) is 1.35. The Balaban J connectivity index is 4.25. The standard InChI is InChI=1S/C7H13NO3S/c1-4(12)5(9)8-7(2,3)6(10)11/h4,12H,1-3H3,(H,8,9)(H,10,11). The molecule has 5 heteroatoms. The minimum Gasteiger partial charge on any atom is -0.480 e. The molecule has 0 aliphatic carbocycles. The molecule has 0 radical (unpaired) electrons. The summed E-state index contributed by atoms with van der Waals surface area (Å²) in [6.45, 7) is 4.42. The molecule has 1 amide bonds. The number of carboxylic acids is 1. The molecule has 0 spiro atoms. The quantitative estimate of drug-likeness (QED) is 0.561. The van der Waals surface area contributed by atoms with Gasteiger partial charge in [-0.25, -0.2) is 4.79 Å². The number of thiol groups is 1. The van der Waals surface area contributed by atoms with E-state index in [-0.39, 0.29) is 5.91 Å². The molecule has 0 saturated carbocycles. The lowest BCUT2D eigenvalue weighted by Crippen LogP contribution is -2.51. The first-order valence-corrected chi connectivity index (χ1v) is 4.02. The van der Waals surface area contributed by atoms with Crippen LogP contribution >= 0.6 is 12.6 Å². The zero-order chi connectivity index (χ0) is 9.94. The predicted octanol–water partition coefficient (Wildman–Crippen LogP) is 0.284. The van der Waals surface area contributed by atoms with Crippen LogP contribution in [0.25, 0.3) is 0 Å². The minimum absolute atomic E-state index is 0.384. The van der Waals surface area contributed by atoms with Crippen molar-refractivity contribution >= 4 is 24.5 Å². The monoisotopic (exact) mass is 191 g/mol. The Kier molecular flexibility index (Phi) is 3.57. The van der Waals surface area contributed by atoms with Gasteiger partial charge in [-0.15, -0.1) is 0 Å². The van der Waals surface area contributed by atoms with Crippen molar-refractivity contribution in [2.45, 2.75) is 31.6 Å². The third kappa shape index (κ3) is 3.13. The van der Waals surface area contributed by atoms with Crippen molar-refractivity contribution < 1.29 is 14.7 Å². The van der Waals surface area contributed by atoms with Crippen molar-refractivity contribution in [1.29, 1.82) is 0 Å². The minimum atomic E-state index is -1.23. The first-order valence-electron chi connectivity index (χ1n) is 3.51. The van der Waals surface area contributed by atoms with Gasteiger partial charge in [-0.3, -0.25) is 4.79 Å². The number of hydrogen-bond acceptors (Lipinski definition) is 3. The van der Waals surface area contributed by atoms with Crippen LogP contribution in [0.5, 0.6) is 0 Å². The molecule has 0 rings (SSSR count). The van der Waals surface area contributed by atoms with Gasteiger partial charge in [-0.2, -0.15) is 12.6 Å². The molecule has 0 bridgehead atoms. The Bertz CT molecular complexity index is 201. The summed E-state index contributed by atoms with van der Waals surface area (Å²) in [5.74, 6) is -1.45. The fourth-order valence-electron chi connectivity index (χ4n) is 0.466. The van der Waals surface area contributed by atoms with Gasteiger partial charge in [-0.05, 0) is 20.8 Å². The summed E-state index contributed by atoms with van der Waals surface area (Å²) in [6.07, 6.45) is 0. The predicted molar refractivity (Wildman–Crippen MR) is 48.3 cm³/mol. The highest BCUT2D eigenvalue weighted by molar-refractivity contribution is 7.81. The van der Waals surface area contributed by atoms with E-state index < -0.39 is 16.8 Å². The summed E-state index contributed by atoms with van der Waals surface area (Å²) in [5.41, 5.74) is -1.23. The molecule has 0 fully saturated rings. The van der Waals surface area contributed by atoms with Gasteiger partial charge in [0.25, 0.3) is 0 Å². The molecule has 0 aromatic carbocycles. The van der Waals surface area contributed by atoms with E-state index in [0.717, 1.165) is 0 Å². The lowest BCUT2D eigenvalue weighted by Gasteiger charge is -2.21. The normalized spacial score (nSPS) is 13.7. The Morgan fingerprint density at radius 2 is 1.92 bits per heavy atom. The van der Waals surface area contributed by atoms with E-state index in [0.29, 0.717) is 0 Å². The summed E-state index contributed by atoms with van der Waals surface area (Å²) in [7, 11) is 0. The van der Waals surface area contributed by atoms with Crippen molar-refractivity contribution in [3.05, 3.63) is 0 Å². The van der Waals surface area contributed by atoms with E-state index in [2.05, 4.69) is 17.9 Å². The van der Waals surface area contributed by atoms with Gasteiger partial charge >= 0.3 is 5.97 Å². The van der Waals surface area contributed by atoms with Crippen molar-refractivity contribution in [3.63, 3.8) is 0 Å². The largest absolute Gasteiger partial charge is 0.480 e. The molecule has 0 saturated heterocycles. The maximum atomic E-state index is 11.0. The fourth-order valence-corrected chi connectivity index (χ4v) is 0.530. The van der Waals surface area contributed by atoms with Gasteiger partial charge in [0.15, 0.2) is 0 Å². The van der Waals surface area contributed by atoms with Crippen molar-refractivity contribution in [3.8, 4) is 0 Å². The molecule has 0 aromatic heterocycles. The topological polar surface area (TPSA) is 66.4 Å². The molecule has 4 nitrogen and oxygen atoms in total. The number of nitrogens with one attached hydrogen (secondary N) is 1. The molecule has 0 aromatic rings. The van der Waals surface area contributed by atoms with Crippen molar-refractivity contribution in [1.82, 2.24) is 5.32 Å². The summed E-state index contributed by atoms with van der Waals surface area (Å²) in [5, 5.41) is 10.5. The molecule has 70 valence electrons. The number of amides is 1. The Hall–Kier alpha value is -0.710. The zero-order valence-corrected chi connectivity index (χ0v) is 8.18. The van der Waals surface area contributed by atoms with Crippen LogP contribution in [-0.4, -0.2) is 27.8 Å². The number of rotatable bonds is 3. The molecular weight excluding hydrogens is 178 g/mol. The highest BCUT2D eigenvalue weighted by Crippen LogP contribution is 2.03. The Morgan fingerprint density at radius 3 is 2.17 bits per heavy atom. The molecule has 1 atom stereocenters. The van der Waals surface area contributed by atoms with Crippen LogP contribution in [0, 0.1) is 0 Å². The fraction of sp³-hybridized carbons (Fsp3) is 0.714. The van der Waals surface area contributed by atoms with E-state index >= 15 is 0 Å².